The minimum Gasteiger partial charge on any atom is -0.319 e. The van der Waals surface area contributed by atoms with Crippen molar-refractivity contribution in [1.29, 1.82) is 0 Å². The number of para-hydroxylation sites is 1. The Morgan fingerprint density at radius 1 is 1.33 bits per heavy atom. The largest absolute Gasteiger partial charge is 0.319 e. The summed E-state index contributed by atoms with van der Waals surface area (Å²) in [6.45, 7) is 1.99. The molecule has 21 heavy (non-hydrogen) atoms. The lowest BCUT2D eigenvalue weighted by Gasteiger charge is -2.41. The lowest BCUT2D eigenvalue weighted by Crippen LogP contribution is -2.43. The maximum absolute atomic E-state index is 11.4. The molecular weight excluding hydrogens is 266 g/mol. The Morgan fingerprint density at radius 2 is 2.10 bits per heavy atom. The molecule has 2 atom stereocenters. The second kappa shape index (κ2) is 6.12. The fraction of sp³-hybridized carbons (Fsp3) is 0.625. The van der Waals surface area contributed by atoms with Gasteiger partial charge in [-0.15, -0.1) is 0 Å². The molecule has 2 fully saturated rings. The van der Waals surface area contributed by atoms with Gasteiger partial charge in [-0.1, -0.05) is 18.2 Å². The van der Waals surface area contributed by atoms with Gasteiger partial charge < -0.3 is 5.32 Å². The van der Waals surface area contributed by atoms with Crippen LogP contribution in [-0.4, -0.2) is 36.0 Å². The standard InChI is InChI=1S/C16H23N3O2/c1-17-11-12-5-4-10-18(13-8-9-13)16(12)14-6-2-3-7-15(14)19(20)21/h2-3,6-7,12-13,16-17H,4-5,8-11H2,1H3. The first-order valence-electron chi connectivity index (χ1n) is 7.86. The Balaban J connectivity index is 1.98. The summed E-state index contributed by atoms with van der Waals surface area (Å²) in [6.07, 6.45) is 4.81. The number of likely N-dealkylation sites (tertiary alicyclic amines) is 1. The Labute approximate surface area is 125 Å². The molecule has 0 radical (unpaired) electrons. The number of nitrogens with zero attached hydrogens (tertiary/aromatic N) is 2. The number of benzene rings is 1. The predicted molar refractivity (Wildman–Crippen MR) is 82.2 cm³/mol. The first-order valence-corrected chi connectivity index (χ1v) is 7.86. The van der Waals surface area contributed by atoms with E-state index in [2.05, 4.69) is 10.2 Å². The van der Waals surface area contributed by atoms with E-state index in [9.17, 15) is 10.1 Å². The summed E-state index contributed by atoms with van der Waals surface area (Å²) in [5.41, 5.74) is 1.17. The molecule has 1 heterocycles. The van der Waals surface area contributed by atoms with Crippen molar-refractivity contribution < 1.29 is 4.92 Å². The number of nitro benzene ring substituents is 1. The van der Waals surface area contributed by atoms with Crippen LogP contribution >= 0.6 is 0 Å². The van der Waals surface area contributed by atoms with Crippen LogP contribution in [0.4, 0.5) is 5.69 Å². The lowest BCUT2D eigenvalue weighted by atomic mass is 9.83. The molecule has 3 rings (SSSR count). The highest BCUT2D eigenvalue weighted by molar-refractivity contribution is 5.43. The highest BCUT2D eigenvalue weighted by Gasteiger charge is 2.42. The Bertz CT molecular complexity index is 514. The second-order valence-electron chi connectivity index (χ2n) is 6.19. The molecule has 1 aliphatic carbocycles. The van der Waals surface area contributed by atoms with Crippen molar-refractivity contribution in [3.63, 3.8) is 0 Å². The SMILES string of the molecule is CNCC1CCCN(C2CC2)C1c1ccccc1[N+](=O)[O-]. The van der Waals surface area contributed by atoms with Crippen LogP contribution < -0.4 is 5.32 Å². The zero-order valence-electron chi connectivity index (χ0n) is 12.5. The van der Waals surface area contributed by atoms with E-state index in [1.54, 1.807) is 12.1 Å². The molecule has 5 heteroatoms. The average Bonchev–Trinajstić information content (AvgIpc) is 3.32. The van der Waals surface area contributed by atoms with Crippen molar-refractivity contribution in [2.24, 2.45) is 5.92 Å². The van der Waals surface area contributed by atoms with Crippen LogP contribution in [0.1, 0.15) is 37.3 Å². The monoisotopic (exact) mass is 289 g/mol. The number of piperidine rings is 1. The molecule has 1 saturated carbocycles. The van der Waals surface area contributed by atoms with Crippen LogP contribution in [0.5, 0.6) is 0 Å². The quantitative estimate of drug-likeness (QED) is 0.669. The van der Waals surface area contributed by atoms with E-state index in [0.717, 1.165) is 25.1 Å². The first kappa shape index (κ1) is 14.5. The molecule has 2 aliphatic rings. The van der Waals surface area contributed by atoms with Crippen molar-refractivity contribution in [2.75, 3.05) is 20.1 Å². The minimum absolute atomic E-state index is 0.181. The molecule has 114 valence electrons. The highest BCUT2D eigenvalue weighted by Crippen LogP contribution is 2.44. The third kappa shape index (κ3) is 2.94. The number of hydrogen-bond acceptors (Lipinski definition) is 4. The van der Waals surface area contributed by atoms with Gasteiger partial charge in [0.25, 0.3) is 5.69 Å². The Hall–Kier alpha value is -1.46. The molecule has 1 aromatic carbocycles. The zero-order valence-corrected chi connectivity index (χ0v) is 12.5. The van der Waals surface area contributed by atoms with Gasteiger partial charge in [0.15, 0.2) is 0 Å². The maximum atomic E-state index is 11.4. The molecule has 0 spiro atoms. The summed E-state index contributed by atoms with van der Waals surface area (Å²) in [6, 6.07) is 8.10. The van der Waals surface area contributed by atoms with Gasteiger partial charge in [-0.05, 0) is 51.7 Å². The summed E-state index contributed by atoms with van der Waals surface area (Å²) in [5, 5.41) is 14.7. The topological polar surface area (TPSA) is 58.4 Å². The lowest BCUT2D eigenvalue weighted by molar-refractivity contribution is -0.386. The van der Waals surface area contributed by atoms with Crippen molar-refractivity contribution in [3.05, 3.63) is 39.9 Å². The van der Waals surface area contributed by atoms with Gasteiger partial charge in [0.1, 0.15) is 0 Å². The third-order valence-electron chi connectivity index (χ3n) is 4.73. The van der Waals surface area contributed by atoms with E-state index in [1.807, 2.05) is 19.2 Å². The second-order valence-corrected chi connectivity index (χ2v) is 6.19. The summed E-state index contributed by atoms with van der Waals surface area (Å²) in [5.74, 6) is 0.449. The molecule has 0 aromatic heterocycles. The van der Waals surface area contributed by atoms with Gasteiger partial charge in [-0.3, -0.25) is 15.0 Å². The summed E-state index contributed by atoms with van der Waals surface area (Å²) in [7, 11) is 1.96. The molecule has 1 saturated heterocycles. The van der Waals surface area contributed by atoms with Crippen molar-refractivity contribution in [2.45, 2.75) is 37.8 Å². The van der Waals surface area contributed by atoms with Gasteiger partial charge >= 0.3 is 0 Å². The van der Waals surface area contributed by atoms with Gasteiger partial charge in [0.05, 0.1) is 4.92 Å². The number of nitro groups is 1. The Morgan fingerprint density at radius 3 is 2.76 bits per heavy atom. The van der Waals surface area contributed by atoms with Crippen LogP contribution in [0.2, 0.25) is 0 Å². The van der Waals surface area contributed by atoms with E-state index in [4.69, 9.17) is 0 Å². The van der Waals surface area contributed by atoms with Gasteiger partial charge in [0, 0.05) is 23.7 Å². The predicted octanol–water partition coefficient (Wildman–Crippen LogP) is 2.73. The van der Waals surface area contributed by atoms with Gasteiger partial charge in [-0.25, -0.2) is 0 Å². The molecule has 0 bridgehead atoms. The number of rotatable bonds is 5. The molecule has 5 nitrogen and oxygen atoms in total. The van der Waals surface area contributed by atoms with E-state index in [-0.39, 0.29) is 16.7 Å². The van der Waals surface area contributed by atoms with Crippen LogP contribution in [-0.2, 0) is 0 Å². The number of hydrogen-bond donors (Lipinski definition) is 1. The molecule has 1 aromatic rings. The van der Waals surface area contributed by atoms with Gasteiger partial charge in [-0.2, -0.15) is 0 Å². The molecule has 2 unspecified atom stereocenters. The van der Waals surface area contributed by atoms with E-state index in [1.165, 1.54) is 19.3 Å². The molecular formula is C16H23N3O2. The Kier molecular flexibility index (Phi) is 4.22. The highest BCUT2D eigenvalue weighted by atomic mass is 16.6. The fourth-order valence-corrected chi connectivity index (χ4v) is 3.73. The zero-order chi connectivity index (χ0) is 14.8. The minimum atomic E-state index is -0.231. The average molecular weight is 289 g/mol. The van der Waals surface area contributed by atoms with E-state index in [0.29, 0.717) is 12.0 Å². The number of nitrogens with one attached hydrogen (secondary N) is 1. The van der Waals surface area contributed by atoms with Crippen LogP contribution in [0.25, 0.3) is 0 Å². The summed E-state index contributed by atoms with van der Waals surface area (Å²) in [4.78, 5) is 13.7. The van der Waals surface area contributed by atoms with E-state index >= 15 is 0 Å². The van der Waals surface area contributed by atoms with Crippen LogP contribution in [0.15, 0.2) is 24.3 Å². The molecule has 1 N–H and O–H groups in total. The molecule has 0 amide bonds. The van der Waals surface area contributed by atoms with Crippen molar-refractivity contribution in [1.82, 2.24) is 10.2 Å². The van der Waals surface area contributed by atoms with Crippen LogP contribution in [0, 0.1) is 16.0 Å². The molecule has 1 aliphatic heterocycles. The summed E-state index contributed by atoms with van der Waals surface area (Å²) < 4.78 is 0. The normalized spacial score (nSPS) is 26.7. The third-order valence-corrected chi connectivity index (χ3v) is 4.73. The maximum Gasteiger partial charge on any atom is 0.274 e. The first-order chi connectivity index (χ1) is 10.2. The van der Waals surface area contributed by atoms with Gasteiger partial charge in [0.2, 0.25) is 0 Å². The van der Waals surface area contributed by atoms with E-state index < -0.39 is 0 Å². The fourth-order valence-electron chi connectivity index (χ4n) is 3.73. The smallest absolute Gasteiger partial charge is 0.274 e. The summed E-state index contributed by atoms with van der Waals surface area (Å²) >= 11 is 0. The van der Waals surface area contributed by atoms with Crippen LogP contribution in [0.3, 0.4) is 0 Å². The van der Waals surface area contributed by atoms with Crippen molar-refractivity contribution >= 4 is 5.69 Å². The van der Waals surface area contributed by atoms with Crippen molar-refractivity contribution in [3.8, 4) is 0 Å².